The maximum Gasteiger partial charge on any atom is 0.294 e. The predicted octanol–water partition coefficient (Wildman–Crippen LogP) is 1.71. The van der Waals surface area contributed by atoms with E-state index in [9.17, 15) is 15.2 Å². The molecule has 0 bridgehead atoms. The van der Waals surface area contributed by atoms with Crippen LogP contribution in [0.25, 0.3) is 10.2 Å². The number of aryl methyl sites for hydroxylation is 1. The average Bonchev–Trinajstić information content (AvgIpc) is 2.84. The highest BCUT2D eigenvalue weighted by Crippen LogP contribution is 2.36. The predicted molar refractivity (Wildman–Crippen MR) is 80.1 cm³/mol. The fraction of sp³-hybridized carbons (Fsp3) is 0.462. The van der Waals surface area contributed by atoms with Gasteiger partial charge in [-0.05, 0) is 13.0 Å². The van der Waals surface area contributed by atoms with Crippen LogP contribution in [0.3, 0.4) is 0 Å². The second-order valence-electron chi connectivity index (χ2n) is 4.90. The van der Waals surface area contributed by atoms with Gasteiger partial charge in [-0.2, -0.15) is 0 Å². The Morgan fingerprint density at radius 1 is 1.62 bits per heavy atom. The molecule has 1 fully saturated rings. The van der Waals surface area contributed by atoms with E-state index in [1.165, 1.54) is 11.3 Å². The molecule has 2 heterocycles. The number of anilines is 1. The zero-order valence-corrected chi connectivity index (χ0v) is 12.3. The van der Waals surface area contributed by atoms with Gasteiger partial charge in [-0.1, -0.05) is 0 Å². The summed E-state index contributed by atoms with van der Waals surface area (Å²) >= 11 is 1.44. The topological polar surface area (TPSA) is 88.7 Å². The van der Waals surface area contributed by atoms with Gasteiger partial charge in [0.05, 0.1) is 46.0 Å². The summed E-state index contributed by atoms with van der Waals surface area (Å²) in [6.45, 7) is 3.14. The summed E-state index contributed by atoms with van der Waals surface area (Å²) in [6, 6.07) is 3.04. The quantitative estimate of drug-likeness (QED) is 0.686. The number of fused-ring (bicyclic) bond motifs is 1. The van der Waals surface area contributed by atoms with Crippen LogP contribution >= 0.6 is 11.3 Å². The Bertz CT molecular complexity index is 687. The van der Waals surface area contributed by atoms with E-state index in [0.29, 0.717) is 25.4 Å². The fourth-order valence-electron chi connectivity index (χ4n) is 2.57. The zero-order chi connectivity index (χ0) is 15.0. The molecule has 0 aliphatic carbocycles. The molecule has 1 unspecified atom stereocenters. The lowest BCUT2D eigenvalue weighted by Gasteiger charge is -2.35. The number of aliphatic hydroxyl groups is 1. The minimum absolute atomic E-state index is 0.0477. The fourth-order valence-corrected chi connectivity index (χ4v) is 3.41. The molecule has 1 saturated heterocycles. The van der Waals surface area contributed by atoms with Crippen LogP contribution in [-0.2, 0) is 4.74 Å². The van der Waals surface area contributed by atoms with Crippen molar-refractivity contribution in [1.82, 2.24) is 4.98 Å². The van der Waals surface area contributed by atoms with Crippen LogP contribution in [0, 0.1) is 17.0 Å². The first-order chi connectivity index (χ1) is 10.1. The third-order valence-electron chi connectivity index (χ3n) is 3.54. The van der Waals surface area contributed by atoms with E-state index in [1.54, 1.807) is 12.1 Å². The lowest BCUT2D eigenvalue weighted by molar-refractivity contribution is -0.384. The largest absolute Gasteiger partial charge is 0.394 e. The van der Waals surface area contributed by atoms with E-state index in [4.69, 9.17) is 4.74 Å². The monoisotopic (exact) mass is 309 g/mol. The summed E-state index contributed by atoms with van der Waals surface area (Å²) in [5.74, 6) is 0. The highest BCUT2D eigenvalue weighted by atomic mass is 32.1. The number of hydrogen-bond acceptors (Lipinski definition) is 7. The number of nitro groups is 1. The molecule has 1 aromatic carbocycles. The number of thiazole rings is 1. The van der Waals surface area contributed by atoms with Crippen molar-refractivity contribution in [3.05, 3.63) is 27.3 Å². The molecule has 1 aromatic heterocycles. The first-order valence-electron chi connectivity index (χ1n) is 6.61. The number of nitrogens with zero attached hydrogens (tertiary/aromatic N) is 3. The van der Waals surface area contributed by atoms with Gasteiger partial charge < -0.3 is 14.7 Å². The van der Waals surface area contributed by atoms with Gasteiger partial charge in [0.25, 0.3) is 5.69 Å². The molecule has 0 radical (unpaired) electrons. The Morgan fingerprint density at radius 2 is 2.43 bits per heavy atom. The first-order valence-corrected chi connectivity index (χ1v) is 7.42. The van der Waals surface area contributed by atoms with Crippen molar-refractivity contribution in [2.24, 2.45) is 0 Å². The molecule has 3 rings (SSSR count). The lowest BCUT2D eigenvalue weighted by Crippen LogP contribution is -2.47. The Balaban J connectivity index is 2.14. The van der Waals surface area contributed by atoms with Crippen molar-refractivity contribution in [3.63, 3.8) is 0 Å². The molecule has 2 aromatic rings. The molecular formula is C13H15N3O4S. The molecule has 0 spiro atoms. The molecule has 0 saturated carbocycles. The van der Waals surface area contributed by atoms with Crippen LogP contribution in [0.1, 0.15) is 5.01 Å². The van der Waals surface area contributed by atoms with Crippen LogP contribution in [0.15, 0.2) is 12.1 Å². The van der Waals surface area contributed by atoms with E-state index in [0.717, 1.165) is 15.2 Å². The number of hydrogen-bond donors (Lipinski definition) is 1. The van der Waals surface area contributed by atoms with Crippen molar-refractivity contribution in [1.29, 1.82) is 0 Å². The number of nitro benzene ring substituents is 1. The first kappa shape index (κ1) is 14.2. The molecule has 1 atom stereocenters. The number of aromatic nitrogens is 1. The van der Waals surface area contributed by atoms with Crippen LogP contribution in [0.4, 0.5) is 11.4 Å². The number of morpholine rings is 1. The Hall–Kier alpha value is -1.77. The van der Waals surface area contributed by atoms with E-state index in [2.05, 4.69) is 4.98 Å². The van der Waals surface area contributed by atoms with Crippen LogP contribution in [0.5, 0.6) is 0 Å². The third-order valence-corrected chi connectivity index (χ3v) is 4.47. The van der Waals surface area contributed by atoms with Gasteiger partial charge in [-0.25, -0.2) is 4.98 Å². The van der Waals surface area contributed by atoms with E-state index in [1.807, 2.05) is 11.8 Å². The minimum Gasteiger partial charge on any atom is -0.394 e. The van der Waals surface area contributed by atoms with Crippen molar-refractivity contribution >= 4 is 32.9 Å². The maximum atomic E-state index is 11.4. The molecule has 0 amide bonds. The number of ether oxygens (including phenoxy) is 1. The van der Waals surface area contributed by atoms with Gasteiger partial charge in [0.15, 0.2) is 0 Å². The van der Waals surface area contributed by atoms with Crippen LogP contribution < -0.4 is 4.90 Å². The number of rotatable bonds is 3. The standard InChI is InChI=1S/C13H15N3O4S/c1-8-14-10-4-11(12(16(18)19)5-13(10)21-8)15-2-3-20-7-9(15)6-17/h4-5,9,17H,2-3,6-7H2,1H3. The molecule has 1 aliphatic rings. The summed E-state index contributed by atoms with van der Waals surface area (Å²) in [6.07, 6.45) is 0. The van der Waals surface area contributed by atoms with Gasteiger partial charge >= 0.3 is 0 Å². The maximum absolute atomic E-state index is 11.4. The van der Waals surface area contributed by atoms with Gasteiger partial charge in [0, 0.05) is 12.6 Å². The second-order valence-corrected chi connectivity index (χ2v) is 6.14. The third kappa shape index (κ3) is 2.57. The summed E-state index contributed by atoms with van der Waals surface area (Å²) < 4.78 is 6.13. The summed E-state index contributed by atoms with van der Waals surface area (Å²) in [5, 5.41) is 21.7. The van der Waals surface area contributed by atoms with Crippen LogP contribution in [0.2, 0.25) is 0 Å². The zero-order valence-electron chi connectivity index (χ0n) is 11.5. The smallest absolute Gasteiger partial charge is 0.294 e. The van der Waals surface area contributed by atoms with Gasteiger partial charge in [0.1, 0.15) is 5.69 Å². The minimum atomic E-state index is -0.381. The summed E-state index contributed by atoms with van der Waals surface area (Å²) in [4.78, 5) is 17.2. The number of aliphatic hydroxyl groups excluding tert-OH is 1. The molecule has 1 N–H and O–H groups in total. The summed E-state index contributed by atoms with van der Waals surface area (Å²) in [7, 11) is 0. The van der Waals surface area contributed by atoms with Crippen molar-refractivity contribution in [3.8, 4) is 0 Å². The highest BCUT2D eigenvalue weighted by Gasteiger charge is 2.29. The van der Waals surface area contributed by atoms with E-state index in [-0.39, 0.29) is 23.3 Å². The normalized spacial score (nSPS) is 19.1. The Kier molecular flexibility index (Phi) is 3.75. The van der Waals surface area contributed by atoms with Crippen LogP contribution in [-0.4, -0.2) is 47.4 Å². The lowest BCUT2D eigenvalue weighted by atomic mass is 10.1. The SMILES string of the molecule is Cc1nc2cc(N3CCOCC3CO)c([N+](=O)[O-])cc2s1. The molecule has 21 heavy (non-hydrogen) atoms. The molecular weight excluding hydrogens is 294 g/mol. The summed E-state index contributed by atoms with van der Waals surface area (Å²) in [5.41, 5.74) is 1.30. The van der Waals surface area contributed by atoms with E-state index < -0.39 is 0 Å². The highest BCUT2D eigenvalue weighted by molar-refractivity contribution is 7.18. The molecule has 7 nitrogen and oxygen atoms in total. The van der Waals surface area contributed by atoms with Crippen molar-refractivity contribution in [2.75, 3.05) is 31.3 Å². The van der Waals surface area contributed by atoms with Gasteiger partial charge in [-0.3, -0.25) is 10.1 Å². The van der Waals surface area contributed by atoms with Crippen molar-refractivity contribution in [2.45, 2.75) is 13.0 Å². The average molecular weight is 309 g/mol. The van der Waals surface area contributed by atoms with Crippen molar-refractivity contribution < 1.29 is 14.8 Å². The Labute approximate surface area is 124 Å². The number of benzene rings is 1. The second kappa shape index (κ2) is 5.55. The van der Waals surface area contributed by atoms with E-state index >= 15 is 0 Å². The van der Waals surface area contributed by atoms with Gasteiger partial charge in [0.2, 0.25) is 0 Å². The molecule has 1 aliphatic heterocycles. The molecule has 112 valence electrons. The molecule has 8 heteroatoms. The van der Waals surface area contributed by atoms with Gasteiger partial charge in [-0.15, -0.1) is 11.3 Å². The Morgan fingerprint density at radius 3 is 3.14 bits per heavy atom.